The first-order valence-corrected chi connectivity index (χ1v) is 17.5. The Labute approximate surface area is 322 Å². The van der Waals surface area contributed by atoms with Crippen LogP contribution in [0.2, 0.25) is 0 Å². The molecule has 3 rings (SSSR count). The Hall–Kier alpha value is -5.68. The van der Waals surface area contributed by atoms with Crippen LogP contribution >= 0.6 is 0 Å². The highest BCUT2D eigenvalue weighted by Crippen LogP contribution is 2.25. The van der Waals surface area contributed by atoms with Gasteiger partial charge in [-0.25, -0.2) is 28.0 Å². The Bertz CT molecular complexity index is 1620. The van der Waals surface area contributed by atoms with Crippen molar-refractivity contribution in [3.8, 4) is 23.0 Å². The Morgan fingerprint density at radius 3 is 1.30 bits per heavy atom. The van der Waals surface area contributed by atoms with Crippen molar-refractivity contribution in [2.45, 2.75) is 37.9 Å². The van der Waals surface area contributed by atoms with Crippen LogP contribution < -0.4 is 18.9 Å². The molecular formula is C40H44F2O14. The summed E-state index contributed by atoms with van der Waals surface area (Å²) in [5.41, 5.74) is 0.135. The number of hydrogen-bond donors (Lipinski definition) is 2. The third kappa shape index (κ3) is 16.8. The molecule has 0 heterocycles. The number of rotatable bonds is 26. The molecule has 0 aliphatic rings. The fourth-order valence-electron chi connectivity index (χ4n) is 4.38. The second kappa shape index (κ2) is 24.7. The topological polar surface area (TPSA) is 183 Å². The summed E-state index contributed by atoms with van der Waals surface area (Å²) in [6, 6.07) is 12.6. The van der Waals surface area contributed by atoms with Gasteiger partial charge in [0.2, 0.25) is 0 Å². The first-order valence-electron chi connectivity index (χ1n) is 17.5. The predicted octanol–water partition coefficient (Wildman–Crippen LogP) is 4.93. The van der Waals surface area contributed by atoms with Gasteiger partial charge in [0, 0.05) is 37.5 Å². The highest BCUT2D eigenvalue weighted by Gasteiger charge is 2.16. The minimum Gasteiger partial charge on any atom is -0.491 e. The molecule has 14 nitrogen and oxygen atoms in total. The molecule has 3 aromatic carbocycles. The highest BCUT2D eigenvalue weighted by molar-refractivity contribution is 5.95. The molecule has 0 saturated carbocycles. The first kappa shape index (κ1) is 44.7. The van der Waals surface area contributed by atoms with Gasteiger partial charge in [-0.1, -0.05) is 13.2 Å². The van der Waals surface area contributed by atoms with Gasteiger partial charge >= 0.3 is 23.9 Å². The SMILES string of the molecule is C=CC(=O)OCC(O)COCCCCOc1ccc(OC(=O)c2ccc(C(=O)Oc3ccc(OCCCCOCC(O)COC(=O)C=C)c(F)c3)cc2)cc1F. The van der Waals surface area contributed by atoms with E-state index in [9.17, 15) is 38.2 Å². The van der Waals surface area contributed by atoms with E-state index in [2.05, 4.69) is 13.2 Å². The molecule has 0 bridgehead atoms. The molecule has 16 heteroatoms. The average Bonchev–Trinajstić information content (AvgIpc) is 3.19. The normalized spacial score (nSPS) is 11.8. The van der Waals surface area contributed by atoms with Gasteiger partial charge in [0.25, 0.3) is 0 Å². The van der Waals surface area contributed by atoms with Crippen molar-refractivity contribution in [3.05, 3.63) is 109 Å². The summed E-state index contributed by atoms with van der Waals surface area (Å²) in [6.07, 6.45) is 2.21. The van der Waals surface area contributed by atoms with Crippen LogP contribution in [0, 0.1) is 11.6 Å². The summed E-state index contributed by atoms with van der Waals surface area (Å²) >= 11 is 0. The van der Waals surface area contributed by atoms with Gasteiger partial charge in [-0.3, -0.25) is 0 Å². The molecule has 0 aromatic heterocycles. The van der Waals surface area contributed by atoms with E-state index in [1.54, 1.807) is 0 Å². The van der Waals surface area contributed by atoms with Gasteiger partial charge in [0.05, 0.1) is 37.6 Å². The van der Waals surface area contributed by atoms with Gasteiger partial charge in [0.15, 0.2) is 23.1 Å². The van der Waals surface area contributed by atoms with Crippen molar-refractivity contribution in [1.29, 1.82) is 0 Å². The maximum absolute atomic E-state index is 14.6. The molecule has 2 atom stereocenters. The molecule has 0 aliphatic heterocycles. The van der Waals surface area contributed by atoms with E-state index in [-0.39, 0.29) is 73.8 Å². The lowest BCUT2D eigenvalue weighted by molar-refractivity contribution is -0.142. The minimum absolute atomic E-state index is 0.0241. The van der Waals surface area contributed by atoms with Crippen molar-refractivity contribution in [2.24, 2.45) is 0 Å². The van der Waals surface area contributed by atoms with Gasteiger partial charge in [-0.2, -0.15) is 0 Å². The van der Waals surface area contributed by atoms with Gasteiger partial charge in [0.1, 0.15) is 36.9 Å². The van der Waals surface area contributed by atoms with Gasteiger partial charge in [-0.05, 0) is 74.2 Å². The third-order valence-corrected chi connectivity index (χ3v) is 7.26. The summed E-state index contributed by atoms with van der Waals surface area (Å²) in [5, 5.41) is 19.4. The van der Waals surface area contributed by atoms with Crippen LogP contribution in [-0.2, 0) is 28.5 Å². The number of aliphatic hydroxyl groups is 2. The van der Waals surface area contributed by atoms with Crippen molar-refractivity contribution in [3.63, 3.8) is 0 Å². The lowest BCUT2D eigenvalue weighted by Crippen LogP contribution is -2.23. The fourth-order valence-corrected chi connectivity index (χ4v) is 4.38. The lowest BCUT2D eigenvalue weighted by Gasteiger charge is -2.12. The van der Waals surface area contributed by atoms with Crippen LogP contribution in [-0.4, -0.2) is 99.2 Å². The van der Waals surface area contributed by atoms with E-state index in [1.165, 1.54) is 48.5 Å². The molecule has 56 heavy (non-hydrogen) atoms. The zero-order valence-corrected chi connectivity index (χ0v) is 30.5. The average molecular weight is 787 g/mol. The number of aliphatic hydroxyl groups excluding tert-OH is 2. The number of unbranched alkanes of at least 4 members (excludes halogenated alkanes) is 2. The molecule has 3 aromatic rings. The molecule has 0 radical (unpaired) electrons. The molecule has 0 amide bonds. The van der Waals surface area contributed by atoms with Gasteiger partial charge in [-0.15, -0.1) is 0 Å². The zero-order chi connectivity index (χ0) is 40.7. The Balaban J connectivity index is 1.34. The molecule has 0 aliphatic carbocycles. The molecule has 2 unspecified atom stereocenters. The summed E-state index contributed by atoms with van der Waals surface area (Å²) < 4.78 is 70.6. The summed E-state index contributed by atoms with van der Waals surface area (Å²) in [6.45, 7) is 7.01. The van der Waals surface area contributed by atoms with Crippen LogP contribution in [0.25, 0.3) is 0 Å². The van der Waals surface area contributed by atoms with E-state index in [1.807, 2.05) is 0 Å². The van der Waals surface area contributed by atoms with E-state index < -0.39 is 47.7 Å². The van der Waals surface area contributed by atoms with Crippen LogP contribution in [0.5, 0.6) is 23.0 Å². The van der Waals surface area contributed by atoms with E-state index >= 15 is 0 Å². The lowest BCUT2D eigenvalue weighted by atomic mass is 10.1. The summed E-state index contributed by atoms with van der Waals surface area (Å²) in [4.78, 5) is 47.3. The quantitative estimate of drug-likeness (QED) is 0.0483. The smallest absolute Gasteiger partial charge is 0.343 e. The van der Waals surface area contributed by atoms with Crippen molar-refractivity contribution < 1.29 is 76.1 Å². The number of halogens is 2. The van der Waals surface area contributed by atoms with Crippen molar-refractivity contribution >= 4 is 23.9 Å². The van der Waals surface area contributed by atoms with Gasteiger partial charge < -0.3 is 48.1 Å². The number of esters is 4. The van der Waals surface area contributed by atoms with Crippen molar-refractivity contribution in [2.75, 3.05) is 52.9 Å². The Morgan fingerprint density at radius 2 is 0.946 bits per heavy atom. The third-order valence-electron chi connectivity index (χ3n) is 7.26. The highest BCUT2D eigenvalue weighted by atomic mass is 19.1. The number of hydrogen-bond acceptors (Lipinski definition) is 14. The molecule has 302 valence electrons. The molecule has 0 fully saturated rings. The number of benzene rings is 3. The van der Waals surface area contributed by atoms with E-state index in [4.69, 9.17) is 37.9 Å². The summed E-state index contributed by atoms with van der Waals surface area (Å²) in [7, 11) is 0. The molecule has 2 N–H and O–H groups in total. The number of ether oxygens (including phenoxy) is 8. The van der Waals surface area contributed by atoms with Crippen LogP contribution in [0.3, 0.4) is 0 Å². The molecule has 0 saturated heterocycles. The van der Waals surface area contributed by atoms with Crippen molar-refractivity contribution in [1.82, 2.24) is 0 Å². The summed E-state index contributed by atoms with van der Waals surface area (Å²) in [5.74, 6) is -4.64. The minimum atomic E-state index is -0.970. The Morgan fingerprint density at radius 1 is 0.571 bits per heavy atom. The largest absolute Gasteiger partial charge is 0.491 e. The Kier molecular flexibility index (Phi) is 19.7. The van der Waals surface area contributed by atoms with Crippen LogP contribution in [0.1, 0.15) is 46.4 Å². The number of carbonyl (C=O) groups excluding carboxylic acids is 4. The second-order valence-corrected chi connectivity index (χ2v) is 11.8. The maximum Gasteiger partial charge on any atom is 0.343 e. The standard InChI is InChI=1S/C40H44F2O14/c1-3-37(45)53-25-29(43)23-49-17-5-7-19-51-35-15-13-31(21-33(35)41)55-39(47)27-9-11-28(12-10-27)40(48)56-32-14-16-36(34(42)22-32)52-20-8-6-18-50-24-30(44)26-54-38(46)4-2/h3-4,9-16,21-22,29-30,43-44H,1-2,5-8,17-20,23-26H2. The van der Waals surface area contributed by atoms with Crippen LogP contribution in [0.4, 0.5) is 8.78 Å². The predicted molar refractivity (Wildman–Crippen MR) is 195 cm³/mol. The maximum atomic E-state index is 14.6. The fraction of sp³-hybridized carbons (Fsp3) is 0.350. The first-order chi connectivity index (χ1) is 27.0. The van der Waals surface area contributed by atoms with E-state index in [0.717, 1.165) is 24.3 Å². The molecular weight excluding hydrogens is 742 g/mol. The van der Waals surface area contributed by atoms with Crippen LogP contribution in [0.15, 0.2) is 86.0 Å². The molecule has 0 spiro atoms. The number of carbonyl (C=O) groups is 4. The zero-order valence-electron chi connectivity index (χ0n) is 30.5. The van der Waals surface area contributed by atoms with E-state index in [0.29, 0.717) is 38.9 Å². The second-order valence-electron chi connectivity index (χ2n) is 11.8. The monoisotopic (exact) mass is 786 g/mol.